The molecule has 0 amide bonds. The molecule has 0 aliphatic heterocycles. The largest absolute Gasteiger partial charge is 0.341 e. The lowest BCUT2D eigenvalue weighted by Crippen LogP contribution is -2.30. The van der Waals surface area contributed by atoms with Gasteiger partial charge in [0, 0.05) is 80.4 Å². The maximum Gasteiger partial charge on any atom is 0.295 e. The van der Waals surface area contributed by atoms with Gasteiger partial charge in [-0.05, 0) is 89.9 Å². The number of sulfonamides is 2. The number of hydrogen-bond acceptors (Lipinski definition) is 7. The van der Waals surface area contributed by atoms with Gasteiger partial charge in [0.1, 0.15) is 11.4 Å². The second-order valence-corrected chi connectivity index (χ2v) is 19.9. The summed E-state index contributed by atoms with van der Waals surface area (Å²) in [6.45, 7) is 14.4. The van der Waals surface area contributed by atoms with E-state index in [1.807, 2.05) is 101 Å². The molecule has 326 valence electrons. The Labute approximate surface area is 363 Å². The molecule has 0 spiro atoms. The molecule has 1 aliphatic rings. The molecule has 4 aromatic carbocycles. The molecule has 0 unspecified atom stereocenters. The summed E-state index contributed by atoms with van der Waals surface area (Å²) in [6.07, 6.45) is 11.5. The molecule has 4 aromatic rings. The molecule has 0 heterocycles. The second kappa shape index (κ2) is 20.9. The van der Waals surface area contributed by atoms with Crippen LogP contribution in [-0.4, -0.2) is 88.0 Å². The van der Waals surface area contributed by atoms with E-state index in [1.165, 1.54) is 14.7 Å². The van der Waals surface area contributed by atoms with Crippen molar-refractivity contribution in [3.8, 4) is 0 Å². The van der Waals surface area contributed by atoms with E-state index in [9.17, 15) is 29.8 Å². The second-order valence-electron chi connectivity index (χ2n) is 14.6. The number of benzene rings is 4. The maximum atomic E-state index is 13.2. The molecule has 14 heteroatoms. The van der Waals surface area contributed by atoms with E-state index in [-0.39, 0.29) is 14.7 Å². The summed E-state index contributed by atoms with van der Waals surface area (Å²) in [4.78, 5) is 2.40. The smallest absolute Gasteiger partial charge is 0.295 e. The van der Waals surface area contributed by atoms with Crippen LogP contribution in [0, 0.1) is 0 Å². The summed E-state index contributed by atoms with van der Waals surface area (Å²) in [5.74, 6) is 0. The molecular formula is C47H59N4O7S3+. The van der Waals surface area contributed by atoms with Crippen molar-refractivity contribution in [2.24, 2.45) is 0 Å². The van der Waals surface area contributed by atoms with Crippen molar-refractivity contribution in [2.45, 2.75) is 81.9 Å². The molecule has 1 aliphatic carbocycles. The third kappa shape index (κ3) is 10.9. The zero-order valence-electron chi connectivity index (χ0n) is 36.0. The lowest BCUT2D eigenvalue weighted by atomic mass is 9.90. The van der Waals surface area contributed by atoms with E-state index in [0.717, 1.165) is 59.6 Å². The van der Waals surface area contributed by atoms with Crippen molar-refractivity contribution in [2.75, 3.05) is 44.2 Å². The molecule has 11 nitrogen and oxygen atoms in total. The summed E-state index contributed by atoms with van der Waals surface area (Å²) in [7, 11) is -11.8. The van der Waals surface area contributed by atoms with E-state index in [1.54, 1.807) is 42.5 Å². The lowest BCUT2D eigenvalue weighted by Gasteiger charge is -2.26. The van der Waals surface area contributed by atoms with Crippen molar-refractivity contribution < 1.29 is 34.4 Å². The molecule has 0 saturated heterocycles. The van der Waals surface area contributed by atoms with Crippen LogP contribution in [0.1, 0.15) is 78.4 Å². The van der Waals surface area contributed by atoms with Gasteiger partial charge in [-0.2, -0.15) is 21.6 Å². The van der Waals surface area contributed by atoms with Crippen molar-refractivity contribution in [1.82, 2.24) is 8.61 Å². The van der Waals surface area contributed by atoms with Crippen molar-refractivity contribution in [3.63, 3.8) is 0 Å². The van der Waals surface area contributed by atoms with Crippen LogP contribution in [0.3, 0.4) is 0 Å². The molecule has 0 saturated carbocycles. The van der Waals surface area contributed by atoms with Crippen molar-refractivity contribution in [3.05, 3.63) is 138 Å². The van der Waals surface area contributed by atoms with Gasteiger partial charge in [-0.25, -0.2) is 16.8 Å². The van der Waals surface area contributed by atoms with Crippen LogP contribution in [0.4, 0.5) is 17.1 Å². The molecule has 0 aromatic heterocycles. The fourth-order valence-electron chi connectivity index (χ4n) is 7.46. The van der Waals surface area contributed by atoms with Gasteiger partial charge in [-0.1, -0.05) is 84.7 Å². The summed E-state index contributed by atoms with van der Waals surface area (Å²) < 4.78 is 93.8. The fourth-order valence-corrected chi connectivity index (χ4v) is 11.1. The van der Waals surface area contributed by atoms with Gasteiger partial charge in [0.2, 0.25) is 31.4 Å². The van der Waals surface area contributed by atoms with E-state index in [4.69, 9.17) is 0 Å². The van der Waals surface area contributed by atoms with Crippen LogP contribution in [-0.2, 0) is 30.2 Å². The van der Waals surface area contributed by atoms with Gasteiger partial charge in [0.25, 0.3) is 10.1 Å². The van der Waals surface area contributed by atoms with E-state index >= 15 is 0 Å². The Morgan fingerprint density at radius 2 is 1.05 bits per heavy atom. The van der Waals surface area contributed by atoms with Crippen LogP contribution < -0.4 is 4.90 Å². The number of anilines is 2. The van der Waals surface area contributed by atoms with Gasteiger partial charge in [-0.15, -0.1) is 0 Å². The number of allylic oxidation sites excluding steroid dienone is 5. The zero-order valence-corrected chi connectivity index (χ0v) is 38.5. The zero-order chi connectivity index (χ0) is 44.4. The number of hydrogen-bond donors (Lipinski definition) is 1. The minimum Gasteiger partial charge on any atom is -0.341 e. The molecule has 0 radical (unpaired) electrons. The normalized spacial score (nSPS) is 13.3. The van der Waals surface area contributed by atoms with Gasteiger partial charge in [0.15, 0.2) is 0 Å². The Kier molecular flexibility index (Phi) is 16.2. The highest BCUT2D eigenvalue weighted by molar-refractivity contribution is 7.89. The number of nitrogens with zero attached hydrogens (tertiary/aromatic N) is 4. The van der Waals surface area contributed by atoms with Crippen molar-refractivity contribution >= 4 is 58.5 Å². The lowest BCUT2D eigenvalue weighted by molar-refractivity contribution is -0.439. The highest BCUT2D eigenvalue weighted by Gasteiger charge is 2.26. The Morgan fingerprint density at radius 3 is 1.52 bits per heavy atom. The van der Waals surface area contributed by atoms with Gasteiger partial charge >= 0.3 is 0 Å². The predicted octanol–water partition coefficient (Wildman–Crippen LogP) is 9.45. The molecule has 1 N–H and O–H groups in total. The highest BCUT2D eigenvalue weighted by atomic mass is 32.2. The summed E-state index contributed by atoms with van der Waals surface area (Å²) in [6, 6.07) is 28.1. The van der Waals surface area contributed by atoms with E-state index in [2.05, 4.69) is 23.3 Å². The quantitative estimate of drug-likeness (QED) is 0.0686. The van der Waals surface area contributed by atoms with Crippen LogP contribution in [0.2, 0.25) is 0 Å². The fraction of sp³-hybridized carbons (Fsp3) is 0.340. The third-order valence-electron chi connectivity index (χ3n) is 10.8. The average Bonchev–Trinajstić information content (AvgIpc) is 3.26. The molecule has 0 bridgehead atoms. The molecule has 5 rings (SSSR count). The SMILES string of the molecule is CCCCN(c1ccc(C(=C2C=CC(=[N+](CCCC)c3ccc(S(=O)(=O)N(CC)CC)cc3)C=C2)c2ccccc2S(=O)(=O)O)cc1)c1ccc(S(=O)(=O)N(CC)CC)cc1. The minimum atomic E-state index is -4.61. The van der Waals surface area contributed by atoms with Gasteiger partial charge in [-0.3, -0.25) is 4.55 Å². The first-order valence-corrected chi connectivity index (χ1v) is 25.4. The monoisotopic (exact) mass is 887 g/mol. The third-order valence-corrected chi connectivity index (χ3v) is 15.9. The predicted molar refractivity (Wildman–Crippen MR) is 247 cm³/mol. The molecule has 61 heavy (non-hydrogen) atoms. The maximum absolute atomic E-state index is 13.2. The standard InChI is InChI=1S/C47H58N4O7S3/c1-7-13-35-50(41-27-31-43(32-28-41)59(52,53)48(9-3)10-4)39-23-19-37(20-24-39)47(45-17-15-16-18-46(45)61(56,57)58)38-21-25-40(26-22-38)51(36-14-8-2)42-29-33-44(34-30-42)60(54,55)49(11-5)12-6/h15-34H,7-14,35-36H2,1-6H3/p+1. The Balaban J connectivity index is 1.59. The van der Waals surface area contributed by atoms with Crippen LogP contribution in [0.5, 0.6) is 0 Å². The first-order valence-electron chi connectivity index (χ1n) is 21.1. The minimum absolute atomic E-state index is 0.216. The van der Waals surface area contributed by atoms with Crippen LogP contribution in [0.15, 0.2) is 142 Å². The van der Waals surface area contributed by atoms with Gasteiger partial charge < -0.3 is 4.90 Å². The van der Waals surface area contributed by atoms with Crippen LogP contribution in [0.25, 0.3) is 5.57 Å². The Bertz CT molecular complexity index is 2570. The number of rotatable bonds is 20. The van der Waals surface area contributed by atoms with Gasteiger partial charge in [0.05, 0.1) is 9.79 Å². The first kappa shape index (κ1) is 47.4. The summed E-state index contributed by atoms with van der Waals surface area (Å²) >= 11 is 0. The van der Waals surface area contributed by atoms with E-state index < -0.39 is 30.2 Å². The van der Waals surface area contributed by atoms with E-state index in [0.29, 0.717) is 50.4 Å². The number of unbranched alkanes of at least 4 members (excludes halogenated alkanes) is 2. The Hall–Kier alpha value is -4.70. The molecular weight excluding hydrogens is 829 g/mol. The molecule has 0 atom stereocenters. The topological polar surface area (TPSA) is 135 Å². The van der Waals surface area contributed by atoms with Crippen LogP contribution >= 0.6 is 0 Å². The average molecular weight is 888 g/mol. The summed E-state index contributed by atoms with van der Waals surface area (Å²) in [5.41, 5.74) is 5.80. The first-order chi connectivity index (χ1) is 29.2. The Morgan fingerprint density at radius 1 is 0.574 bits per heavy atom. The molecule has 0 fully saturated rings. The van der Waals surface area contributed by atoms with Crippen molar-refractivity contribution in [1.29, 1.82) is 0 Å². The summed E-state index contributed by atoms with van der Waals surface area (Å²) in [5, 5.41) is 0. The highest BCUT2D eigenvalue weighted by Crippen LogP contribution is 2.36.